The van der Waals surface area contributed by atoms with Gasteiger partial charge in [0.05, 0.1) is 6.61 Å². The van der Waals surface area contributed by atoms with Crippen molar-refractivity contribution in [1.82, 2.24) is 4.72 Å². The van der Waals surface area contributed by atoms with Crippen molar-refractivity contribution < 1.29 is 17.9 Å². The van der Waals surface area contributed by atoms with Gasteiger partial charge in [0.25, 0.3) is 10.0 Å². The predicted octanol–water partition coefficient (Wildman–Crippen LogP) is 4.32. The van der Waals surface area contributed by atoms with Crippen molar-refractivity contribution in [3.05, 3.63) is 40.5 Å². The number of rotatable bonds is 6. The van der Waals surface area contributed by atoms with Crippen LogP contribution in [0.5, 0.6) is 0 Å². The number of hydrogen-bond donors (Lipinski definition) is 2. The third-order valence-corrected chi connectivity index (χ3v) is 7.05. The quantitative estimate of drug-likeness (QED) is 0.760. The number of sulfonamides is 1. The first-order valence-electron chi connectivity index (χ1n) is 8.50. The van der Waals surface area contributed by atoms with Crippen LogP contribution in [-0.4, -0.2) is 19.1 Å². The van der Waals surface area contributed by atoms with Gasteiger partial charge in [-0.05, 0) is 44.2 Å². The topological polar surface area (TPSA) is 66.4 Å². The minimum Gasteiger partial charge on any atom is -0.392 e. The Balaban J connectivity index is 2.65. The highest BCUT2D eigenvalue weighted by Gasteiger charge is 2.31. The third kappa shape index (κ3) is 4.91. The van der Waals surface area contributed by atoms with Crippen LogP contribution in [0, 0.1) is 11.7 Å². The van der Waals surface area contributed by atoms with Crippen molar-refractivity contribution in [2.45, 2.75) is 57.4 Å². The summed E-state index contributed by atoms with van der Waals surface area (Å²) in [5, 5.41) is 9.19. The van der Waals surface area contributed by atoms with Crippen LogP contribution in [0.2, 0.25) is 0 Å². The van der Waals surface area contributed by atoms with Crippen molar-refractivity contribution in [3.63, 3.8) is 0 Å². The molecular weight excluding hydrogens is 373 g/mol. The summed E-state index contributed by atoms with van der Waals surface area (Å²) >= 11 is 0.992. The molecule has 0 saturated carbocycles. The molecule has 0 atom stereocenters. The summed E-state index contributed by atoms with van der Waals surface area (Å²) in [7, 11) is -3.87. The number of hydrogen-bond acceptors (Lipinski definition) is 4. The molecule has 2 aromatic rings. The molecule has 0 aliphatic heterocycles. The van der Waals surface area contributed by atoms with E-state index in [2.05, 4.69) is 4.72 Å². The Morgan fingerprint density at radius 2 is 1.77 bits per heavy atom. The SMILES string of the molecule is CC(C)Cc1sc(S(=O)(=O)NC(C)(C)C)c(-c2ccc(CO)cc2)c1F. The second-order valence-electron chi connectivity index (χ2n) is 7.81. The molecule has 1 aromatic heterocycles. The summed E-state index contributed by atoms with van der Waals surface area (Å²) in [4.78, 5) is 0.440. The Morgan fingerprint density at radius 1 is 1.19 bits per heavy atom. The van der Waals surface area contributed by atoms with Crippen molar-refractivity contribution in [3.8, 4) is 11.1 Å². The molecule has 144 valence electrons. The van der Waals surface area contributed by atoms with E-state index < -0.39 is 21.4 Å². The summed E-state index contributed by atoms with van der Waals surface area (Å²) in [5.74, 6) is -0.270. The first-order valence-corrected chi connectivity index (χ1v) is 10.8. The van der Waals surface area contributed by atoms with Gasteiger partial charge in [-0.2, -0.15) is 0 Å². The molecular formula is C19H26FNO3S2. The van der Waals surface area contributed by atoms with E-state index in [1.165, 1.54) is 0 Å². The van der Waals surface area contributed by atoms with E-state index in [4.69, 9.17) is 0 Å². The van der Waals surface area contributed by atoms with E-state index in [0.29, 0.717) is 22.4 Å². The van der Waals surface area contributed by atoms with E-state index in [1.54, 1.807) is 45.0 Å². The molecule has 0 radical (unpaired) electrons. The number of benzene rings is 1. The molecule has 0 fully saturated rings. The summed E-state index contributed by atoms with van der Waals surface area (Å²) in [6, 6.07) is 6.63. The number of aliphatic hydroxyl groups is 1. The van der Waals surface area contributed by atoms with Gasteiger partial charge in [0, 0.05) is 16.0 Å². The molecule has 0 spiro atoms. The normalized spacial score (nSPS) is 12.8. The van der Waals surface area contributed by atoms with Crippen LogP contribution in [-0.2, 0) is 23.1 Å². The molecule has 2 N–H and O–H groups in total. The average molecular weight is 400 g/mol. The van der Waals surface area contributed by atoms with Gasteiger partial charge in [-0.25, -0.2) is 17.5 Å². The predicted molar refractivity (Wildman–Crippen MR) is 104 cm³/mol. The molecule has 1 aromatic carbocycles. The highest BCUT2D eigenvalue weighted by Crippen LogP contribution is 2.40. The maximum Gasteiger partial charge on any atom is 0.251 e. The third-order valence-electron chi connectivity index (χ3n) is 3.59. The van der Waals surface area contributed by atoms with Gasteiger partial charge >= 0.3 is 0 Å². The maximum atomic E-state index is 15.2. The lowest BCUT2D eigenvalue weighted by molar-refractivity contribution is 0.282. The molecule has 0 amide bonds. The molecule has 2 rings (SSSR count). The highest BCUT2D eigenvalue weighted by atomic mass is 32.2. The fourth-order valence-electron chi connectivity index (χ4n) is 2.60. The minimum atomic E-state index is -3.87. The Hall–Kier alpha value is -1.28. The largest absolute Gasteiger partial charge is 0.392 e. The van der Waals surface area contributed by atoms with E-state index in [1.807, 2.05) is 13.8 Å². The summed E-state index contributed by atoms with van der Waals surface area (Å²) in [5.41, 5.74) is 0.603. The number of halogens is 1. The summed E-state index contributed by atoms with van der Waals surface area (Å²) in [6.07, 6.45) is 0.475. The van der Waals surface area contributed by atoms with Gasteiger partial charge in [0.2, 0.25) is 0 Å². The molecule has 26 heavy (non-hydrogen) atoms. The van der Waals surface area contributed by atoms with E-state index in [9.17, 15) is 13.5 Å². The standard InChI is InChI=1S/C19H26FNO3S2/c1-12(2)10-15-17(20)16(14-8-6-13(11-22)7-9-14)18(25-15)26(23,24)21-19(3,4)5/h6-9,12,21-22H,10-11H2,1-5H3. The molecule has 0 saturated heterocycles. The zero-order chi connectivity index (χ0) is 19.7. The molecule has 0 aliphatic carbocycles. The first kappa shape index (κ1) is 21.0. The fourth-order valence-corrected chi connectivity index (χ4v) is 5.98. The fraction of sp³-hybridized carbons (Fsp3) is 0.474. The Morgan fingerprint density at radius 3 is 2.23 bits per heavy atom. The minimum absolute atomic E-state index is 0.00248. The summed E-state index contributed by atoms with van der Waals surface area (Å²) in [6.45, 7) is 9.06. The smallest absolute Gasteiger partial charge is 0.251 e. The molecule has 0 unspecified atom stereocenters. The van der Waals surface area contributed by atoms with Crippen LogP contribution in [0.1, 0.15) is 45.1 Å². The van der Waals surface area contributed by atoms with Gasteiger partial charge in [0.1, 0.15) is 10.0 Å². The Labute approximate surface area is 159 Å². The second-order valence-corrected chi connectivity index (χ2v) is 10.8. The van der Waals surface area contributed by atoms with Crippen molar-refractivity contribution in [2.24, 2.45) is 5.92 Å². The first-order chi connectivity index (χ1) is 11.9. The summed E-state index contributed by atoms with van der Waals surface area (Å²) < 4.78 is 43.6. The van der Waals surface area contributed by atoms with Gasteiger partial charge < -0.3 is 5.11 Å². The highest BCUT2D eigenvalue weighted by molar-refractivity contribution is 7.91. The van der Waals surface area contributed by atoms with Crippen LogP contribution in [0.25, 0.3) is 11.1 Å². The lowest BCUT2D eigenvalue weighted by Crippen LogP contribution is -2.40. The Bertz CT molecular complexity index is 863. The van der Waals surface area contributed by atoms with E-state index in [-0.39, 0.29) is 22.3 Å². The van der Waals surface area contributed by atoms with E-state index >= 15 is 4.39 Å². The molecule has 0 aliphatic rings. The van der Waals surface area contributed by atoms with Gasteiger partial charge in [-0.1, -0.05) is 38.1 Å². The van der Waals surface area contributed by atoms with Crippen molar-refractivity contribution in [1.29, 1.82) is 0 Å². The van der Waals surface area contributed by atoms with Gasteiger partial charge in [-0.3, -0.25) is 0 Å². The van der Waals surface area contributed by atoms with Crippen LogP contribution in [0.15, 0.2) is 28.5 Å². The average Bonchev–Trinajstić information content (AvgIpc) is 2.82. The molecule has 0 bridgehead atoms. The second kappa shape index (κ2) is 7.76. The zero-order valence-corrected chi connectivity index (χ0v) is 17.4. The van der Waals surface area contributed by atoms with Crippen LogP contribution in [0.4, 0.5) is 4.39 Å². The number of nitrogens with one attached hydrogen (secondary N) is 1. The lowest BCUT2D eigenvalue weighted by atomic mass is 10.0. The molecule has 1 heterocycles. The molecule has 7 heteroatoms. The number of aliphatic hydroxyl groups excluding tert-OH is 1. The van der Waals surface area contributed by atoms with Crippen molar-refractivity contribution in [2.75, 3.05) is 0 Å². The van der Waals surface area contributed by atoms with Crippen LogP contribution < -0.4 is 4.72 Å². The van der Waals surface area contributed by atoms with Gasteiger partial charge in [0.15, 0.2) is 0 Å². The van der Waals surface area contributed by atoms with Crippen LogP contribution >= 0.6 is 11.3 Å². The zero-order valence-electron chi connectivity index (χ0n) is 15.8. The lowest BCUT2D eigenvalue weighted by Gasteiger charge is -2.20. The van der Waals surface area contributed by atoms with Crippen LogP contribution in [0.3, 0.4) is 0 Å². The monoisotopic (exact) mass is 399 g/mol. The number of thiophene rings is 1. The van der Waals surface area contributed by atoms with E-state index in [0.717, 1.165) is 11.3 Å². The maximum absolute atomic E-state index is 15.2. The van der Waals surface area contributed by atoms with Gasteiger partial charge in [-0.15, -0.1) is 11.3 Å². The molecule has 4 nitrogen and oxygen atoms in total. The Kier molecular flexibility index (Phi) is 6.28. The van der Waals surface area contributed by atoms with Crippen molar-refractivity contribution >= 4 is 21.4 Å².